The van der Waals surface area contributed by atoms with Crippen molar-refractivity contribution in [1.29, 1.82) is 0 Å². The molecular weight excluding hydrogens is 254 g/mol. The van der Waals surface area contributed by atoms with Crippen LogP contribution in [0.1, 0.15) is 12.5 Å². The number of aryl methyl sites for hydroxylation is 2. The standard InChI is InChI=1S/C14H15N5O/c1-3-10-5-4-6-11(9-10)19-13(16-17-14(19)20)12-7-8-15-18(12)2/h4-9H,3H2,1-2H3,(H,17,20). The molecule has 2 heterocycles. The molecule has 0 saturated heterocycles. The maximum Gasteiger partial charge on any atom is 0.348 e. The van der Waals surface area contributed by atoms with E-state index in [0.29, 0.717) is 5.82 Å². The Labute approximate surface area is 115 Å². The molecule has 0 amide bonds. The predicted molar refractivity (Wildman–Crippen MR) is 75.8 cm³/mol. The van der Waals surface area contributed by atoms with Crippen LogP contribution in [-0.4, -0.2) is 24.5 Å². The molecule has 2 aromatic heterocycles. The fraction of sp³-hybridized carbons (Fsp3) is 0.214. The average Bonchev–Trinajstić information content (AvgIpc) is 3.04. The first-order chi connectivity index (χ1) is 9.70. The van der Waals surface area contributed by atoms with Crippen molar-refractivity contribution in [3.63, 3.8) is 0 Å². The normalized spacial score (nSPS) is 10.9. The smallest absolute Gasteiger partial charge is 0.265 e. The molecule has 0 bridgehead atoms. The quantitative estimate of drug-likeness (QED) is 0.784. The van der Waals surface area contributed by atoms with Crippen LogP contribution < -0.4 is 5.69 Å². The number of nitrogens with one attached hydrogen (secondary N) is 1. The molecule has 102 valence electrons. The fourth-order valence-electron chi connectivity index (χ4n) is 2.22. The van der Waals surface area contributed by atoms with E-state index in [-0.39, 0.29) is 5.69 Å². The van der Waals surface area contributed by atoms with Gasteiger partial charge in [-0.2, -0.15) is 10.2 Å². The van der Waals surface area contributed by atoms with Gasteiger partial charge >= 0.3 is 5.69 Å². The number of rotatable bonds is 3. The maximum atomic E-state index is 12.1. The summed E-state index contributed by atoms with van der Waals surface area (Å²) < 4.78 is 3.26. The van der Waals surface area contributed by atoms with Gasteiger partial charge in [-0.25, -0.2) is 14.5 Å². The Kier molecular flexibility index (Phi) is 2.98. The summed E-state index contributed by atoms with van der Waals surface area (Å²) in [6.07, 6.45) is 2.60. The van der Waals surface area contributed by atoms with Crippen LogP contribution in [0.3, 0.4) is 0 Å². The van der Waals surface area contributed by atoms with Crippen molar-refractivity contribution >= 4 is 0 Å². The van der Waals surface area contributed by atoms with Gasteiger partial charge in [0, 0.05) is 13.2 Å². The van der Waals surface area contributed by atoms with Gasteiger partial charge in [0.25, 0.3) is 0 Å². The van der Waals surface area contributed by atoms with Gasteiger partial charge in [0.05, 0.1) is 5.69 Å². The topological polar surface area (TPSA) is 68.5 Å². The molecule has 6 nitrogen and oxygen atoms in total. The molecule has 0 spiro atoms. The summed E-state index contributed by atoms with van der Waals surface area (Å²) in [6, 6.07) is 9.71. The second-order valence-corrected chi connectivity index (χ2v) is 4.55. The monoisotopic (exact) mass is 269 g/mol. The number of nitrogens with zero attached hydrogens (tertiary/aromatic N) is 4. The van der Waals surface area contributed by atoms with Crippen LogP contribution in [0.2, 0.25) is 0 Å². The van der Waals surface area contributed by atoms with Crippen LogP contribution >= 0.6 is 0 Å². The Morgan fingerprint density at radius 2 is 2.15 bits per heavy atom. The maximum absolute atomic E-state index is 12.1. The third kappa shape index (κ3) is 1.95. The molecule has 6 heteroatoms. The van der Waals surface area contributed by atoms with E-state index < -0.39 is 0 Å². The lowest BCUT2D eigenvalue weighted by Crippen LogP contribution is -2.16. The highest BCUT2D eigenvalue weighted by atomic mass is 16.1. The Bertz CT molecular complexity index is 796. The van der Waals surface area contributed by atoms with Gasteiger partial charge in [-0.3, -0.25) is 4.68 Å². The lowest BCUT2D eigenvalue weighted by molar-refractivity contribution is 0.766. The summed E-state index contributed by atoms with van der Waals surface area (Å²) in [5.74, 6) is 0.559. The minimum atomic E-state index is -0.255. The molecule has 0 aliphatic heterocycles. The van der Waals surface area contributed by atoms with E-state index in [2.05, 4.69) is 22.2 Å². The van der Waals surface area contributed by atoms with Crippen molar-refractivity contribution in [3.05, 3.63) is 52.6 Å². The van der Waals surface area contributed by atoms with Crippen LogP contribution in [0, 0.1) is 0 Å². The fourth-order valence-corrected chi connectivity index (χ4v) is 2.22. The van der Waals surface area contributed by atoms with Crippen LogP contribution in [0.5, 0.6) is 0 Å². The largest absolute Gasteiger partial charge is 0.348 e. The minimum absolute atomic E-state index is 0.255. The van der Waals surface area contributed by atoms with Gasteiger partial charge in [0.15, 0.2) is 5.82 Å². The number of benzene rings is 1. The van der Waals surface area contributed by atoms with Crippen molar-refractivity contribution in [3.8, 4) is 17.2 Å². The van der Waals surface area contributed by atoms with Gasteiger partial charge in [0.2, 0.25) is 0 Å². The molecule has 1 aromatic carbocycles. The molecule has 3 rings (SSSR count). The summed E-state index contributed by atoms with van der Waals surface area (Å²) in [5.41, 5.74) is 2.51. The van der Waals surface area contributed by atoms with E-state index in [9.17, 15) is 4.79 Å². The SMILES string of the molecule is CCc1cccc(-n2c(-c3ccnn3C)n[nH]c2=O)c1. The summed E-state index contributed by atoms with van der Waals surface area (Å²) in [6.45, 7) is 2.08. The Balaban J connectivity index is 2.21. The van der Waals surface area contributed by atoms with E-state index >= 15 is 0 Å². The van der Waals surface area contributed by atoms with Crippen LogP contribution in [0.25, 0.3) is 17.2 Å². The predicted octanol–water partition coefficient (Wildman–Crippen LogP) is 1.52. The molecule has 0 aliphatic rings. The van der Waals surface area contributed by atoms with E-state index in [4.69, 9.17) is 0 Å². The number of aromatic amines is 1. The molecule has 3 aromatic rings. The highest BCUT2D eigenvalue weighted by Crippen LogP contribution is 2.18. The second kappa shape index (κ2) is 4.80. The molecule has 0 aliphatic carbocycles. The number of hydrogen-bond donors (Lipinski definition) is 1. The van der Waals surface area contributed by atoms with Crippen LogP contribution in [0.15, 0.2) is 41.3 Å². The lowest BCUT2D eigenvalue weighted by Gasteiger charge is -2.07. The molecule has 0 atom stereocenters. The minimum Gasteiger partial charge on any atom is -0.265 e. The van der Waals surface area contributed by atoms with Gasteiger partial charge in [-0.05, 0) is 30.2 Å². The number of H-pyrrole nitrogens is 1. The van der Waals surface area contributed by atoms with Crippen LogP contribution in [-0.2, 0) is 13.5 Å². The first-order valence-corrected chi connectivity index (χ1v) is 6.46. The molecular formula is C14H15N5O. The van der Waals surface area contributed by atoms with Crippen molar-refractivity contribution < 1.29 is 0 Å². The molecule has 0 saturated carbocycles. The molecule has 0 unspecified atom stereocenters. The summed E-state index contributed by atoms with van der Waals surface area (Å²) >= 11 is 0. The van der Waals surface area contributed by atoms with Gasteiger partial charge < -0.3 is 0 Å². The zero-order chi connectivity index (χ0) is 14.1. The van der Waals surface area contributed by atoms with Crippen molar-refractivity contribution in [1.82, 2.24) is 24.5 Å². The van der Waals surface area contributed by atoms with Crippen molar-refractivity contribution in [2.75, 3.05) is 0 Å². The third-order valence-corrected chi connectivity index (χ3v) is 3.30. The lowest BCUT2D eigenvalue weighted by atomic mass is 10.1. The molecule has 20 heavy (non-hydrogen) atoms. The van der Waals surface area contributed by atoms with Gasteiger partial charge in [-0.1, -0.05) is 19.1 Å². The van der Waals surface area contributed by atoms with Gasteiger partial charge in [-0.15, -0.1) is 0 Å². The first-order valence-electron chi connectivity index (χ1n) is 6.46. The first kappa shape index (κ1) is 12.4. The Morgan fingerprint density at radius 1 is 1.30 bits per heavy atom. The van der Waals surface area contributed by atoms with E-state index in [1.54, 1.807) is 15.4 Å². The van der Waals surface area contributed by atoms with E-state index in [0.717, 1.165) is 17.8 Å². The Morgan fingerprint density at radius 3 is 2.85 bits per heavy atom. The summed E-state index contributed by atoms with van der Waals surface area (Å²) in [7, 11) is 1.82. The number of aromatic nitrogens is 5. The van der Waals surface area contributed by atoms with Crippen LogP contribution in [0.4, 0.5) is 0 Å². The zero-order valence-electron chi connectivity index (χ0n) is 11.4. The zero-order valence-corrected chi connectivity index (χ0v) is 11.4. The molecule has 0 fully saturated rings. The van der Waals surface area contributed by atoms with Crippen molar-refractivity contribution in [2.45, 2.75) is 13.3 Å². The molecule has 0 radical (unpaired) electrons. The highest BCUT2D eigenvalue weighted by molar-refractivity contribution is 5.53. The summed E-state index contributed by atoms with van der Waals surface area (Å²) in [4.78, 5) is 12.1. The van der Waals surface area contributed by atoms with Crippen molar-refractivity contribution in [2.24, 2.45) is 7.05 Å². The highest BCUT2D eigenvalue weighted by Gasteiger charge is 2.15. The summed E-state index contributed by atoms with van der Waals surface area (Å²) in [5, 5.41) is 10.7. The van der Waals surface area contributed by atoms with E-state index in [1.165, 1.54) is 5.56 Å². The molecule has 1 N–H and O–H groups in total. The van der Waals surface area contributed by atoms with Gasteiger partial charge in [0.1, 0.15) is 5.69 Å². The third-order valence-electron chi connectivity index (χ3n) is 3.30. The van der Waals surface area contributed by atoms with E-state index in [1.807, 2.05) is 37.4 Å². The Hall–Kier alpha value is -2.63. The average molecular weight is 269 g/mol. The second-order valence-electron chi connectivity index (χ2n) is 4.55. The number of hydrogen-bond acceptors (Lipinski definition) is 3.